The second-order valence-electron chi connectivity index (χ2n) is 10.5. The van der Waals surface area contributed by atoms with E-state index < -0.39 is 32.6 Å². The van der Waals surface area contributed by atoms with Crippen LogP contribution in [-0.2, 0) is 43.2 Å². The van der Waals surface area contributed by atoms with Gasteiger partial charge < -0.3 is 21.1 Å². The normalized spacial score (nSPS) is 12.1. The van der Waals surface area contributed by atoms with Gasteiger partial charge in [0.15, 0.2) is 9.84 Å². The first kappa shape index (κ1) is 41.7. The van der Waals surface area contributed by atoms with E-state index in [4.69, 9.17) is 32.4 Å². The molecule has 7 N–H and O–H groups in total. The SMILES string of the molecule is CCN(c1cccc(S(=O)(=O)CCOS(=O)(=O)O)c1)c1nc(Cl)nc(Nc2ccc(N=Nc3c(N)ccc4cc(SOOO)cc(O)c34)c(SOOO)c2)n1. The Balaban J connectivity index is 1.41. The number of azo groups is 1. The zero-order chi connectivity index (χ0) is 39.8. The van der Waals surface area contributed by atoms with E-state index in [1.54, 1.807) is 37.3 Å². The lowest BCUT2D eigenvalue weighted by Crippen LogP contribution is -2.21. The Kier molecular flexibility index (Phi) is 14.0. The molecular weight excluding hydrogens is 832 g/mol. The van der Waals surface area contributed by atoms with Gasteiger partial charge in [0.25, 0.3) is 0 Å². The van der Waals surface area contributed by atoms with E-state index in [9.17, 15) is 21.9 Å². The van der Waals surface area contributed by atoms with Crippen LogP contribution in [0.3, 0.4) is 0 Å². The fraction of sp³-hybridized carbons (Fsp3) is 0.138. The molecule has 55 heavy (non-hydrogen) atoms. The minimum Gasteiger partial charge on any atom is -0.507 e. The van der Waals surface area contributed by atoms with Crippen molar-refractivity contribution >= 4 is 107 Å². The highest BCUT2D eigenvalue weighted by molar-refractivity contribution is 7.95. The standard InChI is InChI=1S/C29H27ClN8O13S4/c1-2-38(18-4-3-5-20(14-18)54(42,43)11-10-47-55(44,45)46)29-34-27(30)33-28(35-29)32-17-7-9-22(24(13-17)53-51-49-41)36-37-26-21(31)8-6-16-12-19(52-50-48-40)15-23(39)25(16)26/h3-9,12-15,39-41H,2,10-11,31H2,1H3,(H,44,45,46)(H,32,33,34,35). The van der Waals surface area contributed by atoms with E-state index in [0.29, 0.717) is 45.7 Å². The molecule has 4 aromatic carbocycles. The molecule has 0 fully saturated rings. The minimum atomic E-state index is -4.82. The topological polar surface area (TPSA) is 300 Å². The summed E-state index contributed by atoms with van der Waals surface area (Å²) in [5.41, 5.74) is 7.41. The molecule has 0 spiro atoms. The van der Waals surface area contributed by atoms with Crippen molar-refractivity contribution in [2.45, 2.75) is 21.6 Å². The van der Waals surface area contributed by atoms with Crippen molar-refractivity contribution in [3.05, 3.63) is 72.0 Å². The number of rotatable bonds is 18. The van der Waals surface area contributed by atoms with Crippen molar-refractivity contribution in [2.75, 3.05) is 34.9 Å². The molecular formula is C29H27ClN8O13S4. The zero-order valence-electron chi connectivity index (χ0n) is 27.7. The number of hydrogen-bond donors (Lipinski definition) is 6. The number of aromatic nitrogens is 3. The van der Waals surface area contributed by atoms with Crippen LogP contribution in [0.25, 0.3) is 10.8 Å². The number of halogens is 1. The van der Waals surface area contributed by atoms with Crippen LogP contribution in [0.2, 0.25) is 5.28 Å². The van der Waals surface area contributed by atoms with Gasteiger partial charge in [0.2, 0.25) is 17.2 Å². The number of fused-ring (bicyclic) bond motifs is 1. The Hall–Kier alpha value is -4.48. The van der Waals surface area contributed by atoms with Crippen LogP contribution in [0.4, 0.5) is 40.3 Å². The summed E-state index contributed by atoms with van der Waals surface area (Å²) in [6.45, 7) is 1.19. The van der Waals surface area contributed by atoms with E-state index in [1.165, 1.54) is 41.3 Å². The Morgan fingerprint density at radius 1 is 0.945 bits per heavy atom. The molecule has 0 unspecified atom stereocenters. The van der Waals surface area contributed by atoms with Gasteiger partial charge in [0.1, 0.15) is 17.1 Å². The number of hydrogen-bond acceptors (Lipinski definition) is 22. The van der Waals surface area contributed by atoms with Gasteiger partial charge in [0, 0.05) is 22.8 Å². The van der Waals surface area contributed by atoms with Crippen molar-refractivity contribution in [1.29, 1.82) is 0 Å². The average molecular weight is 859 g/mol. The van der Waals surface area contributed by atoms with Gasteiger partial charge in [-0.25, -0.2) is 23.1 Å². The summed E-state index contributed by atoms with van der Waals surface area (Å²) in [5.74, 6) is -0.948. The van der Waals surface area contributed by atoms with Gasteiger partial charge >= 0.3 is 10.4 Å². The summed E-state index contributed by atoms with van der Waals surface area (Å²) in [5, 5.41) is 47.5. The Bertz CT molecular complexity index is 2430. The molecule has 0 aliphatic heterocycles. The van der Waals surface area contributed by atoms with E-state index in [-0.39, 0.29) is 61.7 Å². The zero-order valence-corrected chi connectivity index (χ0v) is 31.7. The lowest BCUT2D eigenvalue weighted by atomic mass is 10.1. The third-order valence-electron chi connectivity index (χ3n) is 7.09. The second-order valence-corrected chi connectivity index (χ2v) is 15.6. The molecule has 292 valence electrons. The maximum atomic E-state index is 12.9. The molecule has 1 heterocycles. The molecule has 26 heteroatoms. The van der Waals surface area contributed by atoms with Crippen LogP contribution < -0.4 is 16.0 Å². The molecule has 5 rings (SSSR count). The van der Waals surface area contributed by atoms with Crippen LogP contribution in [0, 0.1) is 0 Å². The molecule has 0 radical (unpaired) electrons. The van der Waals surface area contributed by atoms with E-state index in [1.807, 2.05) is 0 Å². The summed E-state index contributed by atoms with van der Waals surface area (Å²) in [6.07, 6.45) is 0. The summed E-state index contributed by atoms with van der Waals surface area (Å²) < 4.78 is 69.4. The first-order valence-corrected chi connectivity index (χ1v) is 19.9. The van der Waals surface area contributed by atoms with Crippen LogP contribution in [0.15, 0.2) is 91.6 Å². The maximum Gasteiger partial charge on any atom is 0.397 e. The van der Waals surface area contributed by atoms with Crippen molar-refractivity contribution in [1.82, 2.24) is 15.0 Å². The number of nitrogens with two attached hydrogens (primary N) is 1. The number of sulfone groups is 1. The van der Waals surface area contributed by atoms with Crippen LogP contribution in [0.5, 0.6) is 5.75 Å². The smallest absolute Gasteiger partial charge is 0.397 e. The minimum absolute atomic E-state index is 0.0298. The Labute approximate surface area is 325 Å². The van der Waals surface area contributed by atoms with Gasteiger partial charge in [-0.05, 0) is 78.5 Å². The molecule has 0 amide bonds. The molecule has 0 aliphatic rings. The molecule has 1 aromatic heterocycles. The van der Waals surface area contributed by atoms with Gasteiger partial charge in [-0.2, -0.15) is 23.4 Å². The van der Waals surface area contributed by atoms with Crippen LogP contribution >= 0.6 is 35.7 Å². The number of anilines is 5. The lowest BCUT2D eigenvalue weighted by molar-refractivity contribution is -0.432. The fourth-order valence-corrected chi connectivity index (χ4v) is 7.41. The number of benzene rings is 4. The predicted molar refractivity (Wildman–Crippen MR) is 199 cm³/mol. The average Bonchev–Trinajstić information content (AvgIpc) is 3.13. The molecule has 0 saturated heterocycles. The predicted octanol–water partition coefficient (Wildman–Crippen LogP) is 6.73. The summed E-state index contributed by atoms with van der Waals surface area (Å²) in [7, 11) is -8.87. The summed E-state index contributed by atoms with van der Waals surface area (Å²) in [4.78, 5) is 14.8. The highest BCUT2D eigenvalue weighted by atomic mass is 35.5. The largest absolute Gasteiger partial charge is 0.507 e. The number of phenolic OH excluding ortho intramolecular Hbond substituents is 1. The summed E-state index contributed by atoms with van der Waals surface area (Å²) in [6, 6.07) is 16.5. The first-order chi connectivity index (χ1) is 26.2. The number of nitrogens with zero attached hydrogens (tertiary/aromatic N) is 6. The number of aromatic hydroxyl groups is 1. The van der Waals surface area contributed by atoms with E-state index in [2.05, 4.69) is 53.4 Å². The monoisotopic (exact) mass is 858 g/mol. The first-order valence-electron chi connectivity index (χ1n) is 15.0. The van der Waals surface area contributed by atoms with E-state index in [0.717, 1.165) is 0 Å². The van der Waals surface area contributed by atoms with Crippen molar-refractivity contribution in [2.24, 2.45) is 10.2 Å². The van der Waals surface area contributed by atoms with Crippen molar-refractivity contribution in [3.8, 4) is 5.75 Å². The molecule has 0 bridgehead atoms. The maximum absolute atomic E-state index is 12.9. The molecule has 0 atom stereocenters. The third-order valence-corrected chi connectivity index (χ3v) is 10.6. The number of phenols is 1. The third kappa shape index (κ3) is 11.1. The van der Waals surface area contributed by atoms with Crippen molar-refractivity contribution in [3.63, 3.8) is 0 Å². The lowest BCUT2D eigenvalue weighted by Gasteiger charge is -2.22. The Morgan fingerprint density at radius 3 is 2.44 bits per heavy atom. The second kappa shape index (κ2) is 18.4. The van der Waals surface area contributed by atoms with Crippen LogP contribution in [0.1, 0.15) is 6.92 Å². The fourth-order valence-electron chi connectivity index (χ4n) is 4.82. The number of nitrogens with one attached hydrogen (secondary N) is 1. The molecule has 5 aromatic rings. The number of nitrogen functional groups attached to an aromatic ring is 1. The van der Waals surface area contributed by atoms with Gasteiger partial charge in [-0.15, -0.1) is 18.9 Å². The molecule has 0 aliphatic carbocycles. The molecule has 21 nitrogen and oxygen atoms in total. The highest BCUT2D eigenvalue weighted by Gasteiger charge is 2.21. The Morgan fingerprint density at radius 2 is 1.71 bits per heavy atom. The van der Waals surface area contributed by atoms with Crippen molar-refractivity contribution < 1.29 is 59.9 Å². The van der Waals surface area contributed by atoms with Gasteiger partial charge in [0.05, 0.1) is 57.3 Å². The highest BCUT2D eigenvalue weighted by Crippen LogP contribution is 2.42. The van der Waals surface area contributed by atoms with E-state index >= 15 is 0 Å². The summed E-state index contributed by atoms with van der Waals surface area (Å²) >= 11 is 7.48. The van der Waals surface area contributed by atoms with Gasteiger partial charge in [-0.3, -0.25) is 4.55 Å². The molecule has 0 saturated carbocycles. The quantitative estimate of drug-likeness (QED) is 0.0133. The van der Waals surface area contributed by atoms with Gasteiger partial charge in [-0.1, -0.05) is 22.2 Å². The van der Waals surface area contributed by atoms with Crippen LogP contribution in [-0.4, -0.2) is 70.9 Å².